The number of nitrogens with one attached hydrogen (secondary N) is 3. The Morgan fingerprint density at radius 2 is 1.84 bits per heavy atom. The molecule has 1 heterocycles. The molecule has 1 amide bonds. The third-order valence-corrected chi connectivity index (χ3v) is 4.21. The summed E-state index contributed by atoms with van der Waals surface area (Å²) in [6.45, 7) is 1.48. The fourth-order valence-electron chi connectivity index (χ4n) is 2.86. The van der Waals surface area contributed by atoms with E-state index in [4.69, 9.17) is 9.47 Å². The van der Waals surface area contributed by atoms with E-state index in [2.05, 4.69) is 16.2 Å². The Morgan fingerprint density at radius 3 is 2.56 bits per heavy atom. The van der Waals surface area contributed by atoms with E-state index in [1.807, 2.05) is 54.6 Å². The molecule has 2 aromatic carbocycles. The Morgan fingerprint density at radius 1 is 1.12 bits per heavy atom. The molecule has 2 aromatic rings. The van der Waals surface area contributed by atoms with E-state index in [0.29, 0.717) is 19.7 Å². The van der Waals surface area contributed by atoms with Crippen LogP contribution in [0.2, 0.25) is 0 Å². The van der Waals surface area contributed by atoms with Gasteiger partial charge >= 0.3 is 0 Å². The van der Waals surface area contributed by atoms with Crippen LogP contribution >= 0.6 is 0 Å². The molecule has 2 atom stereocenters. The molecule has 3 N–H and O–H groups in total. The highest BCUT2D eigenvalue weighted by Gasteiger charge is 2.33. The van der Waals surface area contributed by atoms with E-state index in [-0.39, 0.29) is 17.9 Å². The predicted octanol–water partition coefficient (Wildman–Crippen LogP) is 1.66. The number of amides is 1. The molecule has 0 spiro atoms. The first kappa shape index (κ1) is 17.3. The number of carbonyl (C=O) groups is 1. The normalized spacial score (nSPS) is 19.4. The molecule has 6 heteroatoms. The zero-order chi connectivity index (χ0) is 17.5. The van der Waals surface area contributed by atoms with Gasteiger partial charge in [-0.3, -0.25) is 10.2 Å². The molecule has 0 aliphatic carbocycles. The van der Waals surface area contributed by atoms with E-state index in [1.54, 1.807) is 7.11 Å². The molecule has 0 bridgehead atoms. The lowest BCUT2D eigenvalue weighted by Crippen LogP contribution is -2.37. The van der Waals surface area contributed by atoms with Crippen molar-refractivity contribution in [2.24, 2.45) is 5.92 Å². The van der Waals surface area contributed by atoms with Gasteiger partial charge in [-0.2, -0.15) is 0 Å². The lowest BCUT2D eigenvalue weighted by atomic mass is 9.94. The minimum atomic E-state index is -0.150. The number of hydrogen-bond donors (Lipinski definition) is 3. The van der Waals surface area contributed by atoms with Crippen molar-refractivity contribution in [1.82, 2.24) is 16.2 Å². The van der Waals surface area contributed by atoms with Gasteiger partial charge in [0.25, 0.3) is 0 Å². The van der Waals surface area contributed by atoms with Crippen molar-refractivity contribution >= 4 is 5.91 Å². The van der Waals surface area contributed by atoms with Crippen molar-refractivity contribution in [2.45, 2.75) is 6.04 Å². The van der Waals surface area contributed by atoms with Crippen molar-refractivity contribution in [3.05, 3.63) is 60.2 Å². The van der Waals surface area contributed by atoms with Crippen LogP contribution in [-0.2, 0) is 4.79 Å². The standard InChI is InChI=1S/C19H23N3O3/c1-24-15-7-9-16(10-8-15)25-12-11-20-19(23)17-13-21-22-18(17)14-5-3-2-4-6-14/h2-10,17-18,21-22H,11-13H2,1H3,(H,20,23). The fourth-order valence-corrected chi connectivity index (χ4v) is 2.86. The summed E-state index contributed by atoms with van der Waals surface area (Å²) in [4.78, 5) is 12.5. The maximum atomic E-state index is 12.5. The average Bonchev–Trinajstić information content (AvgIpc) is 3.16. The first-order valence-electron chi connectivity index (χ1n) is 8.36. The lowest BCUT2D eigenvalue weighted by Gasteiger charge is -2.18. The summed E-state index contributed by atoms with van der Waals surface area (Å²) in [6.07, 6.45) is 0. The molecule has 0 saturated carbocycles. The summed E-state index contributed by atoms with van der Waals surface area (Å²) in [5.41, 5.74) is 7.35. The molecule has 1 aliphatic rings. The Labute approximate surface area is 147 Å². The summed E-state index contributed by atoms with van der Waals surface area (Å²) < 4.78 is 10.7. The summed E-state index contributed by atoms with van der Waals surface area (Å²) in [5, 5.41) is 2.95. The van der Waals surface area contributed by atoms with E-state index in [1.165, 1.54) is 0 Å². The molecule has 0 aromatic heterocycles. The number of benzene rings is 2. The van der Waals surface area contributed by atoms with Crippen LogP contribution in [0, 0.1) is 5.92 Å². The highest BCUT2D eigenvalue weighted by atomic mass is 16.5. The summed E-state index contributed by atoms with van der Waals surface area (Å²) in [7, 11) is 1.63. The Kier molecular flexibility index (Phi) is 5.87. The van der Waals surface area contributed by atoms with Crippen LogP contribution in [0.15, 0.2) is 54.6 Å². The van der Waals surface area contributed by atoms with Crippen LogP contribution in [0.4, 0.5) is 0 Å². The zero-order valence-electron chi connectivity index (χ0n) is 14.2. The monoisotopic (exact) mass is 341 g/mol. The third-order valence-electron chi connectivity index (χ3n) is 4.21. The average molecular weight is 341 g/mol. The Balaban J connectivity index is 1.45. The van der Waals surface area contributed by atoms with Crippen LogP contribution < -0.4 is 25.6 Å². The van der Waals surface area contributed by atoms with Crippen molar-refractivity contribution in [3.63, 3.8) is 0 Å². The third kappa shape index (κ3) is 4.49. The van der Waals surface area contributed by atoms with Gasteiger partial charge in [-0.05, 0) is 29.8 Å². The highest BCUT2D eigenvalue weighted by molar-refractivity contribution is 5.80. The minimum absolute atomic E-state index is 0.0182. The molecule has 2 unspecified atom stereocenters. The van der Waals surface area contributed by atoms with Crippen LogP contribution in [0.3, 0.4) is 0 Å². The molecule has 1 aliphatic heterocycles. The number of carbonyl (C=O) groups excluding carboxylic acids is 1. The molecule has 132 valence electrons. The maximum absolute atomic E-state index is 12.5. The molecule has 3 rings (SSSR count). The first-order valence-corrected chi connectivity index (χ1v) is 8.36. The number of rotatable bonds is 7. The van der Waals surface area contributed by atoms with Gasteiger partial charge in [0.2, 0.25) is 5.91 Å². The van der Waals surface area contributed by atoms with Gasteiger partial charge in [-0.1, -0.05) is 30.3 Å². The summed E-state index contributed by atoms with van der Waals surface area (Å²) in [6, 6.07) is 17.3. The van der Waals surface area contributed by atoms with E-state index in [0.717, 1.165) is 17.1 Å². The van der Waals surface area contributed by atoms with Crippen molar-refractivity contribution in [2.75, 3.05) is 26.8 Å². The second kappa shape index (κ2) is 8.50. The second-order valence-electron chi connectivity index (χ2n) is 5.84. The largest absolute Gasteiger partial charge is 0.497 e. The topological polar surface area (TPSA) is 71.6 Å². The second-order valence-corrected chi connectivity index (χ2v) is 5.84. The number of hydrogen-bond acceptors (Lipinski definition) is 5. The van der Waals surface area contributed by atoms with E-state index in [9.17, 15) is 4.79 Å². The molecule has 1 fully saturated rings. The molecule has 6 nitrogen and oxygen atoms in total. The Bertz CT molecular complexity index is 676. The van der Waals surface area contributed by atoms with Crippen molar-refractivity contribution < 1.29 is 14.3 Å². The lowest BCUT2D eigenvalue weighted by molar-refractivity contribution is -0.125. The van der Waals surface area contributed by atoms with Crippen LogP contribution in [-0.4, -0.2) is 32.7 Å². The van der Waals surface area contributed by atoms with Crippen LogP contribution in [0.5, 0.6) is 11.5 Å². The molecule has 1 saturated heterocycles. The number of methoxy groups -OCH3 is 1. The van der Waals surface area contributed by atoms with E-state index >= 15 is 0 Å². The molecule has 25 heavy (non-hydrogen) atoms. The van der Waals surface area contributed by atoms with Gasteiger partial charge < -0.3 is 14.8 Å². The number of hydrazine groups is 1. The van der Waals surface area contributed by atoms with E-state index < -0.39 is 0 Å². The first-order chi connectivity index (χ1) is 12.3. The van der Waals surface area contributed by atoms with Crippen molar-refractivity contribution in [1.29, 1.82) is 0 Å². The van der Waals surface area contributed by atoms with Gasteiger partial charge in [-0.15, -0.1) is 0 Å². The number of ether oxygens (including phenoxy) is 2. The predicted molar refractivity (Wildman–Crippen MR) is 95.3 cm³/mol. The summed E-state index contributed by atoms with van der Waals surface area (Å²) in [5.74, 6) is 1.41. The molecular formula is C19H23N3O3. The molecular weight excluding hydrogens is 318 g/mol. The maximum Gasteiger partial charge on any atom is 0.226 e. The summed E-state index contributed by atoms with van der Waals surface area (Å²) >= 11 is 0. The highest BCUT2D eigenvalue weighted by Crippen LogP contribution is 2.24. The Hall–Kier alpha value is -2.57. The fraction of sp³-hybridized carbons (Fsp3) is 0.316. The smallest absolute Gasteiger partial charge is 0.226 e. The van der Waals surface area contributed by atoms with Gasteiger partial charge in [0.1, 0.15) is 18.1 Å². The van der Waals surface area contributed by atoms with Gasteiger partial charge in [-0.25, -0.2) is 5.43 Å². The quantitative estimate of drug-likeness (QED) is 0.668. The van der Waals surface area contributed by atoms with Gasteiger partial charge in [0.05, 0.1) is 25.6 Å². The van der Waals surface area contributed by atoms with Gasteiger partial charge in [0, 0.05) is 6.54 Å². The zero-order valence-corrected chi connectivity index (χ0v) is 14.2. The molecule has 0 radical (unpaired) electrons. The minimum Gasteiger partial charge on any atom is -0.497 e. The van der Waals surface area contributed by atoms with Gasteiger partial charge in [0.15, 0.2) is 0 Å². The SMILES string of the molecule is COc1ccc(OCCNC(=O)C2CNNC2c2ccccc2)cc1. The van der Waals surface area contributed by atoms with Crippen molar-refractivity contribution in [3.8, 4) is 11.5 Å². The van der Waals surface area contributed by atoms with Crippen LogP contribution in [0.25, 0.3) is 0 Å². The van der Waals surface area contributed by atoms with Crippen LogP contribution in [0.1, 0.15) is 11.6 Å².